The van der Waals surface area contributed by atoms with E-state index in [9.17, 15) is 4.79 Å². The van der Waals surface area contributed by atoms with Crippen molar-refractivity contribution >= 4 is 23.0 Å². The second kappa shape index (κ2) is 2.66. The number of fused-ring (bicyclic) bond motifs is 1. The zero-order valence-corrected chi connectivity index (χ0v) is 8.34. The fourth-order valence-electron chi connectivity index (χ4n) is 1.97. The van der Waals surface area contributed by atoms with Crippen LogP contribution < -0.4 is 16.4 Å². The minimum absolute atomic E-state index is 0.124. The first-order valence-corrected chi connectivity index (χ1v) is 5.15. The lowest BCUT2D eigenvalue weighted by atomic mass is 10.1. The highest BCUT2D eigenvalue weighted by atomic mass is 16.2. The Bertz CT molecular complexity index is 437. The van der Waals surface area contributed by atoms with Gasteiger partial charge in [-0.1, -0.05) is 0 Å². The number of nitrogen functional groups attached to an aromatic ring is 1. The van der Waals surface area contributed by atoms with Gasteiger partial charge in [0.25, 0.3) is 0 Å². The maximum absolute atomic E-state index is 11.9. The summed E-state index contributed by atoms with van der Waals surface area (Å²) in [5.41, 5.74) is 7.95. The Morgan fingerprint density at radius 1 is 1.27 bits per heavy atom. The molecule has 1 aromatic carbocycles. The molecule has 1 saturated carbocycles. The molecule has 0 unspecified atom stereocenters. The zero-order valence-electron chi connectivity index (χ0n) is 8.34. The summed E-state index contributed by atoms with van der Waals surface area (Å²) in [6.45, 7) is 0.732. The van der Waals surface area contributed by atoms with Crippen molar-refractivity contribution in [1.82, 2.24) is 0 Å². The predicted molar refractivity (Wildman–Crippen MR) is 59.6 cm³/mol. The second-order valence-electron chi connectivity index (χ2n) is 4.39. The smallest absolute Gasteiger partial charge is 0.232 e. The molecule has 1 heterocycles. The first-order chi connectivity index (χ1) is 7.20. The average Bonchev–Trinajstić information content (AvgIpc) is 2.98. The Labute approximate surface area is 87.8 Å². The Hall–Kier alpha value is -1.71. The van der Waals surface area contributed by atoms with E-state index in [0.29, 0.717) is 5.69 Å². The fraction of sp³-hybridized carbons (Fsp3) is 0.364. The van der Waals surface area contributed by atoms with E-state index in [1.807, 2.05) is 12.1 Å². The average molecular weight is 203 g/mol. The second-order valence-corrected chi connectivity index (χ2v) is 4.39. The highest BCUT2D eigenvalue weighted by molar-refractivity contribution is 6.01. The molecule has 0 radical (unpaired) electrons. The Balaban J connectivity index is 2.00. The number of anilines is 3. The fourth-order valence-corrected chi connectivity index (χ4v) is 1.97. The number of benzene rings is 1. The number of hydrogen-bond acceptors (Lipinski definition) is 3. The standard InChI is InChI=1S/C11H13N3O/c12-7-1-2-8-9(5-7)14-10(15)11(3-4-11)6-13-8/h1-2,5,13H,3-4,6,12H2,(H,14,15). The summed E-state index contributed by atoms with van der Waals surface area (Å²) in [6.07, 6.45) is 1.96. The largest absolute Gasteiger partial charge is 0.399 e. The van der Waals surface area contributed by atoms with Gasteiger partial charge < -0.3 is 16.4 Å². The Morgan fingerprint density at radius 2 is 2.07 bits per heavy atom. The first-order valence-electron chi connectivity index (χ1n) is 5.15. The molecule has 1 amide bonds. The maximum Gasteiger partial charge on any atom is 0.232 e. The van der Waals surface area contributed by atoms with Crippen LogP contribution in [0.15, 0.2) is 18.2 Å². The molecule has 0 saturated heterocycles. The van der Waals surface area contributed by atoms with Gasteiger partial charge in [-0.25, -0.2) is 0 Å². The predicted octanol–water partition coefficient (Wildman–Crippen LogP) is 1.41. The number of amides is 1. The van der Waals surface area contributed by atoms with E-state index in [2.05, 4.69) is 10.6 Å². The summed E-state index contributed by atoms with van der Waals surface area (Å²) >= 11 is 0. The van der Waals surface area contributed by atoms with Crippen molar-refractivity contribution in [3.8, 4) is 0 Å². The number of carbonyl (C=O) groups is 1. The van der Waals surface area contributed by atoms with Crippen molar-refractivity contribution < 1.29 is 4.79 Å². The van der Waals surface area contributed by atoms with Crippen LogP contribution >= 0.6 is 0 Å². The molecule has 0 aromatic heterocycles. The van der Waals surface area contributed by atoms with Crippen LogP contribution in [0.25, 0.3) is 0 Å². The van der Waals surface area contributed by atoms with Gasteiger partial charge in [0, 0.05) is 12.2 Å². The van der Waals surface area contributed by atoms with E-state index >= 15 is 0 Å². The minimum Gasteiger partial charge on any atom is -0.399 e. The van der Waals surface area contributed by atoms with Crippen LogP contribution in [0.1, 0.15) is 12.8 Å². The normalized spacial score (nSPS) is 21.2. The van der Waals surface area contributed by atoms with Gasteiger partial charge >= 0.3 is 0 Å². The van der Waals surface area contributed by atoms with Crippen LogP contribution in [0.2, 0.25) is 0 Å². The van der Waals surface area contributed by atoms with E-state index in [4.69, 9.17) is 5.73 Å². The number of rotatable bonds is 0. The molecule has 2 aliphatic rings. The zero-order chi connectivity index (χ0) is 10.5. The molecule has 1 aromatic rings. The highest BCUT2D eigenvalue weighted by Gasteiger charge is 2.50. The molecule has 3 rings (SSSR count). The first kappa shape index (κ1) is 8.59. The molecular formula is C11H13N3O. The van der Waals surface area contributed by atoms with E-state index in [1.54, 1.807) is 6.07 Å². The lowest BCUT2D eigenvalue weighted by Crippen LogP contribution is -2.27. The van der Waals surface area contributed by atoms with Crippen molar-refractivity contribution in [3.05, 3.63) is 18.2 Å². The van der Waals surface area contributed by atoms with Gasteiger partial charge in [0.05, 0.1) is 16.8 Å². The van der Waals surface area contributed by atoms with E-state index in [0.717, 1.165) is 30.8 Å². The molecule has 4 N–H and O–H groups in total. The summed E-state index contributed by atoms with van der Waals surface area (Å²) in [4.78, 5) is 11.9. The lowest BCUT2D eigenvalue weighted by molar-refractivity contribution is -0.120. The van der Waals surface area contributed by atoms with Crippen molar-refractivity contribution in [2.45, 2.75) is 12.8 Å². The van der Waals surface area contributed by atoms with Gasteiger partial charge in [0.1, 0.15) is 0 Å². The van der Waals surface area contributed by atoms with Crippen LogP contribution in [0.4, 0.5) is 17.1 Å². The van der Waals surface area contributed by atoms with E-state index in [-0.39, 0.29) is 11.3 Å². The molecule has 15 heavy (non-hydrogen) atoms. The van der Waals surface area contributed by atoms with Crippen molar-refractivity contribution in [2.75, 3.05) is 22.9 Å². The van der Waals surface area contributed by atoms with Gasteiger partial charge in [-0.3, -0.25) is 4.79 Å². The summed E-state index contributed by atoms with van der Waals surface area (Å²) < 4.78 is 0. The quantitative estimate of drug-likeness (QED) is 0.558. The third kappa shape index (κ3) is 1.25. The third-order valence-electron chi connectivity index (χ3n) is 3.24. The summed E-state index contributed by atoms with van der Waals surface area (Å²) in [5, 5.41) is 6.23. The minimum atomic E-state index is -0.159. The van der Waals surface area contributed by atoms with Crippen LogP contribution in [-0.2, 0) is 4.79 Å². The molecule has 0 atom stereocenters. The molecule has 4 nitrogen and oxygen atoms in total. The van der Waals surface area contributed by atoms with Gasteiger partial charge in [0.2, 0.25) is 5.91 Å². The van der Waals surface area contributed by atoms with Crippen LogP contribution in [0, 0.1) is 5.41 Å². The Morgan fingerprint density at radius 3 is 2.80 bits per heavy atom. The topological polar surface area (TPSA) is 67.1 Å². The molecular weight excluding hydrogens is 190 g/mol. The molecule has 1 spiro atoms. The third-order valence-corrected chi connectivity index (χ3v) is 3.24. The van der Waals surface area contributed by atoms with Gasteiger partial charge in [-0.2, -0.15) is 0 Å². The highest BCUT2D eigenvalue weighted by Crippen LogP contribution is 2.48. The number of hydrogen-bond donors (Lipinski definition) is 3. The number of nitrogens with two attached hydrogens (primary N) is 1. The maximum atomic E-state index is 11.9. The van der Waals surface area contributed by atoms with Crippen LogP contribution in [0.3, 0.4) is 0 Å². The summed E-state index contributed by atoms with van der Waals surface area (Å²) in [5.74, 6) is 0.124. The van der Waals surface area contributed by atoms with Gasteiger partial charge in [-0.05, 0) is 31.0 Å². The van der Waals surface area contributed by atoms with E-state index < -0.39 is 0 Å². The number of carbonyl (C=O) groups excluding carboxylic acids is 1. The van der Waals surface area contributed by atoms with Gasteiger partial charge in [0.15, 0.2) is 0 Å². The van der Waals surface area contributed by atoms with Crippen LogP contribution in [0.5, 0.6) is 0 Å². The molecule has 1 aliphatic heterocycles. The number of nitrogens with one attached hydrogen (secondary N) is 2. The SMILES string of the molecule is Nc1ccc2c(c1)NC(=O)C1(CC1)CN2. The lowest BCUT2D eigenvalue weighted by Gasteiger charge is -2.08. The summed E-state index contributed by atoms with van der Waals surface area (Å²) in [6, 6.07) is 5.54. The molecule has 1 fully saturated rings. The van der Waals surface area contributed by atoms with Gasteiger partial charge in [-0.15, -0.1) is 0 Å². The molecule has 0 bridgehead atoms. The molecule has 4 heteroatoms. The summed E-state index contributed by atoms with van der Waals surface area (Å²) in [7, 11) is 0. The molecule has 1 aliphatic carbocycles. The van der Waals surface area contributed by atoms with Crippen molar-refractivity contribution in [1.29, 1.82) is 0 Å². The Kier molecular flexibility index (Phi) is 1.52. The van der Waals surface area contributed by atoms with E-state index in [1.165, 1.54) is 0 Å². The van der Waals surface area contributed by atoms with Crippen molar-refractivity contribution in [2.24, 2.45) is 5.41 Å². The molecule has 78 valence electrons. The van der Waals surface area contributed by atoms with Crippen molar-refractivity contribution in [3.63, 3.8) is 0 Å². The van der Waals surface area contributed by atoms with Crippen LogP contribution in [-0.4, -0.2) is 12.5 Å². The monoisotopic (exact) mass is 203 g/mol.